The van der Waals surface area contributed by atoms with E-state index in [2.05, 4.69) is 35.9 Å². The molecule has 0 spiro atoms. The van der Waals surface area contributed by atoms with Crippen LogP contribution in [0.5, 0.6) is 0 Å². The molecule has 0 saturated carbocycles. The van der Waals surface area contributed by atoms with Gasteiger partial charge in [-0.1, -0.05) is 18.6 Å². The number of benzene rings is 2. The molecular weight excluding hydrogens is 315 g/mol. The van der Waals surface area contributed by atoms with Crippen molar-refractivity contribution < 1.29 is 8.81 Å². The maximum atomic E-state index is 13.4. The Labute approximate surface area is 147 Å². The van der Waals surface area contributed by atoms with Crippen LogP contribution in [0.25, 0.3) is 22.6 Å². The molecule has 0 radical (unpaired) electrons. The van der Waals surface area contributed by atoms with Gasteiger partial charge in [-0.3, -0.25) is 4.90 Å². The van der Waals surface area contributed by atoms with Gasteiger partial charge in [0.05, 0.1) is 0 Å². The van der Waals surface area contributed by atoms with Gasteiger partial charge in [0, 0.05) is 24.2 Å². The summed E-state index contributed by atoms with van der Waals surface area (Å²) in [6.07, 6.45) is 3.85. The lowest BCUT2D eigenvalue weighted by Gasteiger charge is -2.39. The van der Waals surface area contributed by atoms with E-state index in [4.69, 9.17) is 4.42 Å². The molecule has 1 aliphatic rings. The summed E-state index contributed by atoms with van der Waals surface area (Å²) >= 11 is 0. The van der Waals surface area contributed by atoms with E-state index in [1.165, 1.54) is 37.0 Å². The molecule has 3 aromatic rings. The van der Waals surface area contributed by atoms with Crippen molar-refractivity contribution >= 4 is 11.1 Å². The van der Waals surface area contributed by atoms with Gasteiger partial charge in [-0.05, 0) is 62.6 Å². The molecule has 2 heterocycles. The zero-order valence-electron chi connectivity index (χ0n) is 14.7. The molecule has 25 heavy (non-hydrogen) atoms. The average Bonchev–Trinajstić information content (AvgIpc) is 3.02. The Morgan fingerprint density at radius 2 is 1.92 bits per heavy atom. The standard InChI is InChI=1S/C21H23FN2O/c1-14-5-3-6-15(2)24(14)13-16-9-10-20-19(11-16)23-21(25-20)17-7-4-8-18(22)12-17/h4,7-12,14-15H,3,5-6,13H2,1-2H3/t14-,15-/m0/s1. The van der Waals surface area contributed by atoms with E-state index >= 15 is 0 Å². The normalized spacial score (nSPS) is 21.7. The van der Waals surface area contributed by atoms with E-state index < -0.39 is 0 Å². The van der Waals surface area contributed by atoms with Crippen molar-refractivity contribution in [2.24, 2.45) is 0 Å². The Bertz CT molecular complexity index is 878. The molecule has 1 fully saturated rings. The van der Waals surface area contributed by atoms with Crippen LogP contribution in [-0.4, -0.2) is 22.0 Å². The van der Waals surface area contributed by atoms with Crippen molar-refractivity contribution in [3.63, 3.8) is 0 Å². The second-order valence-electron chi connectivity index (χ2n) is 7.13. The summed E-state index contributed by atoms with van der Waals surface area (Å²) in [4.78, 5) is 7.13. The number of fused-ring (bicyclic) bond motifs is 1. The fraction of sp³-hybridized carbons (Fsp3) is 0.381. The molecule has 1 aromatic heterocycles. The lowest BCUT2D eigenvalue weighted by atomic mass is 9.97. The molecule has 0 aliphatic carbocycles. The van der Waals surface area contributed by atoms with Gasteiger partial charge < -0.3 is 4.42 Å². The average molecular weight is 338 g/mol. The SMILES string of the molecule is C[C@H]1CCC[C@H](C)N1Cc1ccc2oc(-c3cccc(F)c3)nc2c1. The number of piperidine rings is 1. The van der Waals surface area contributed by atoms with Crippen LogP contribution in [0.15, 0.2) is 46.9 Å². The van der Waals surface area contributed by atoms with Crippen LogP contribution in [0.2, 0.25) is 0 Å². The van der Waals surface area contributed by atoms with Gasteiger partial charge in [0.2, 0.25) is 5.89 Å². The van der Waals surface area contributed by atoms with Gasteiger partial charge in [0.25, 0.3) is 0 Å². The van der Waals surface area contributed by atoms with Crippen molar-refractivity contribution in [1.82, 2.24) is 9.88 Å². The zero-order valence-corrected chi connectivity index (χ0v) is 14.7. The van der Waals surface area contributed by atoms with Gasteiger partial charge in [-0.15, -0.1) is 0 Å². The molecule has 1 aliphatic heterocycles. The van der Waals surface area contributed by atoms with E-state index in [1.807, 2.05) is 12.1 Å². The van der Waals surface area contributed by atoms with Crippen molar-refractivity contribution in [3.8, 4) is 11.5 Å². The van der Waals surface area contributed by atoms with Crippen LogP contribution in [0.3, 0.4) is 0 Å². The van der Waals surface area contributed by atoms with E-state index in [9.17, 15) is 4.39 Å². The molecule has 0 N–H and O–H groups in total. The first-order valence-corrected chi connectivity index (χ1v) is 9.01. The summed E-state index contributed by atoms with van der Waals surface area (Å²) in [5.74, 6) is 0.180. The van der Waals surface area contributed by atoms with E-state index in [0.29, 0.717) is 23.5 Å². The van der Waals surface area contributed by atoms with Crippen molar-refractivity contribution in [2.45, 2.75) is 51.7 Å². The molecule has 0 bridgehead atoms. The van der Waals surface area contributed by atoms with Gasteiger partial charge in [-0.25, -0.2) is 9.37 Å². The number of rotatable bonds is 3. The third-order valence-electron chi connectivity index (χ3n) is 5.26. The van der Waals surface area contributed by atoms with E-state index in [-0.39, 0.29) is 5.82 Å². The summed E-state index contributed by atoms with van der Waals surface area (Å²) in [5.41, 5.74) is 3.47. The first-order valence-electron chi connectivity index (χ1n) is 9.01. The van der Waals surface area contributed by atoms with Crippen LogP contribution >= 0.6 is 0 Å². The zero-order chi connectivity index (χ0) is 17.4. The Balaban J connectivity index is 1.62. The lowest BCUT2D eigenvalue weighted by molar-refractivity contribution is 0.0953. The Hall–Kier alpha value is -2.20. The molecule has 130 valence electrons. The lowest BCUT2D eigenvalue weighted by Crippen LogP contribution is -2.42. The molecule has 3 nitrogen and oxygen atoms in total. The largest absolute Gasteiger partial charge is 0.436 e. The van der Waals surface area contributed by atoms with Crippen molar-refractivity contribution in [3.05, 3.63) is 53.8 Å². The first kappa shape index (κ1) is 16.3. The second-order valence-corrected chi connectivity index (χ2v) is 7.13. The third kappa shape index (κ3) is 3.31. The van der Waals surface area contributed by atoms with Gasteiger partial charge in [-0.2, -0.15) is 0 Å². The summed E-state index contributed by atoms with van der Waals surface area (Å²) in [5, 5.41) is 0. The highest BCUT2D eigenvalue weighted by atomic mass is 19.1. The number of oxazole rings is 1. The molecule has 0 unspecified atom stereocenters. The predicted molar refractivity (Wildman–Crippen MR) is 97.7 cm³/mol. The van der Waals surface area contributed by atoms with Crippen LogP contribution in [0.4, 0.5) is 4.39 Å². The highest BCUT2D eigenvalue weighted by Gasteiger charge is 2.24. The quantitative estimate of drug-likeness (QED) is 0.640. The van der Waals surface area contributed by atoms with E-state index in [1.54, 1.807) is 6.07 Å². The number of hydrogen-bond acceptors (Lipinski definition) is 3. The van der Waals surface area contributed by atoms with Crippen molar-refractivity contribution in [2.75, 3.05) is 0 Å². The van der Waals surface area contributed by atoms with Crippen LogP contribution in [0, 0.1) is 5.82 Å². The number of likely N-dealkylation sites (tertiary alicyclic amines) is 1. The highest BCUT2D eigenvalue weighted by molar-refractivity contribution is 5.76. The first-order chi connectivity index (χ1) is 12.1. The number of halogens is 1. The molecule has 1 saturated heterocycles. The monoisotopic (exact) mass is 338 g/mol. The number of hydrogen-bond donors (Lipinski definition) is 0. The molecule has 0 amide bonds. The van der Waals surface area contributed by atoms with E-state index in [0.717, 1.165) is 17.6 Å². The molecule has 2 atom stereocenters. The fourth-order valence-corrected chi connectivity index (χ4v) is 3.81. The molecular formula is C21H23FN2O. The van der Waals surface area contributed by atoms with Gasteiger partial charge in [0.15, 0.2) is 5.58 Å². The maximum absolute atomic E-state index is 13.4. The Morgan fingerprint density at radius 1 is 1.12 bits per heavy atom. The number of aromatic nitrogens is 1. The summed E-state index contributed by atoms with van der Waals surface area (Å²) < 4.78 is 19.2. The topological polar surface area (TPSA) is 29.3 Å². The van der Waals surface area contributed by atoms with Gasteiger partial charge in [0.1, 0.15) is 11.3 Å². The fourth-order valence-electron chi connectivity index (χ4n) is 3.81. The maximum Gasteiger partial charge on any atom is 0.227 e. The minimum Gasteiger partial charge on any atom is -0.436 e. The van der Waals surface area contributed by atoms with Crippen LogP contribution in [-0.2, 0) is 6.54 Å². The number of nitrogens with zero attached hydrogens (tertiary/aromatic N) is 2. The van der Waals surface area contributed by atoms with Crippen molar-refractivity contribution in [1.29, 1.82) is 0 Å². The van der Waals surface area contributed by atoms with Crippen LogP contribution < -0.4 is 0 Å². The summed E-state index contributed by atoms with van der Waals surface area (Å²) in [6.45, 7) is 5.55. The van der Waals surface area contributed by atoms with Crippen LogP contribution in [0.1, 0.15) is 38.7 Å². The summed E-state index contributed by atoms with van der Waals surface area (Å²) in [6, 6.07) is 13.7. The third-order valence-corrected chi connectivity index (χ3v) is 5.26. The Kier molecular flexibility index (Phi) is 4.30. The second kappa shape index (κ2) is 6.60. The highest BCUT2D eigenvalue weighted by Crippen LogP contribution is 2.28. The minimum absolute atomic E-state index is 0.284. The molecule has 4 heteroatoms. The Morgan fingerprint density at radius 3 is 2.68 bits per heavy atom. The summed E-state index contributed by atoms with van der Waals surface area (Å²) in [7, 11) is 0. The van der Waals surface area contributed by atoms with Gasteiger partial charge >= 0.3 is 0 Å². The molecule has 4 rings (SSSR count). The smallest absolute Gasteiger partial charge is 0.227 e. The minimum atomic E-state index is -0.284. The predicted octanol–water partition coefficient (Wildman–Crippen LogP) is 5.40. The molecule has 2 aromatic carbocycles.